The lowest BCUT2D eigenvalue weighted by molar-refractivity contribution is 0.0821. The van der Waals surface area contributed by atoms with Gasteiger partial charge in [0.2, 0.25) is 5.78 Å². The van der Waals surface area contributed by atoms with Crippen LogP contribution in [0.5, 0.6) is 11.5 Å². The number of hydrogen-bond acceptors (Lipinski definition) is 3. The molecule has 0 aromatic heterocycles. The summed E-state index contributed by atoms with van der Waals surface area (Å²) < 4.78 is 11.4. The van der Waals surface area contributed by atoms with E-state index in [2.05, 4.69) is 0 Å². The first kappa shape index (κ1) is 12.7. The second-order valence-electron chi connectivity index (χ2n) is 5.32. The molecule has 0 aliphatic carbocycles. The maximum atomic E-state index is 12.8. The molecule has 0 radical (unpaired) electrons. The molecule has 4 heteroatoms. The maximum Gasteiger partial charge on any atom is 0.207 e. The molecule has 21 heavy (non-hydrogen) atoms. The minimum absolute atomic E-state index is 0.0631. The molecule has 1 unspecified atom stereocenters. The number of Topliss-reactive ketones (excluding diaryl/α,β-unsaturated/α-hetero) is 1. The van der Waals surface area contributed by atoms with E-state index in [1.165, 1.54) is 0 Å². The van der Waals surface area contributed by atoms with Gasteiger partial charge in [0, 0.05) is 17.9 Å². The van der Waals surface area contributed by atoms with Crippen molar-refractivity contribution in [3.05, 3.63) is 58.1 Å². The predicted molar refractivity (Wildman–Crippen MR) is 79.5 cm³/mol. The topological polar surface area (TPSA) is 35.5 Å². The molecule has 1 atom stereocenters. The third kappa shape index (κ3) is 2.09. The Hall–Kier alpha value is -2.00. The second-order valence-corrected chi connectivity index (χ2v) is 5.76. The number of hydrogen-bond donors (Lipinski definition) is 0. The summed E-state index contributed by atoms with van der Waals surface area (Å²) in [7, 11) is 0. The van der Waals surface area contributed by atoms with E-state index in [1.807, 2.05) is 30.3 Å². The molecule has 0 N–H and O–H groups in total. The fourth-order valence-corrected chi connectivity index (χ4v) is 3.19. The van der Waals surface area contributed by atoms with Crippen molar-refractivity contribution >= 4 is 17.4 Å². The van der Waals surface area contributed by atoms with Crippen LogP contribution in [-0.2, 0) is 12.8 Å². The van der Waals surface area contributed by atoms with Crippen LogP contribution in [0.2, 0.25) is 5.02 Å². The summed E-state index contributed by atoms with van der Waals surface area (Å²) in [6.07, 6.45) is 0.896. The Balaban J connectivity index is 1.68. The number of para-hydroxylation sites is 1. The zero-order valence-electron chi connectivity index (χ0n) is 11.3. The van der Waals surface area contributed by atoms with Gasteiger partial charge in [0.25, 0.3) is 0 Å². The first-order chi connectivity index (χ1) is 10.2. The molecular weight excluding hydrogens is 288 g/mol. The highest BCUT2D eigenvalue weighted by Crippen LogP contribution is 2.36. The van der Waals surface area contributed by atoms with Gasteiger partial charge in [-0.15, -0.1) is 0 Å². The number of halogens is 1. The summed E-state index contributed by atoms with van der Waals surface area (Å²) in [5, 5.41) is 0.568. The molecule has 2 aromatic rings. The molecule has 4 rings (SSSR count). The number of ether oxygens (including phenoxy) is 2. The Morgan fingerprint density at radius 2 is 2.05 bits per heavy atom. The molecule has 0 bridgehead atoms. The van der Waals surface area contributed by atoms with Crippen LogP contribution in [0.3, 0.4) is 0 Å². The lowest BCUT2D eigenvalue weighted by Crippen LogP contribution is -2.25. The van der Waals surface area contributed by atoms with E-state index in [9.17, 15) is 4.79 Å². The van der Waals surface area contributed by atoms with Gasteiger partial charge < -0.3 is 9.47 Å². The molecule has 0 spiro atoms. The summed E-state index contributed by atoms with van der Waals surface area (Å²) in [5.74, 6) is 1.39. The van der Waals surface area contributed by atoms with Crippen molar-refractivity contribution in [2.75, 3.05) is 6.61 Å². The fraction of sp³-hybridized carbons (Fsp3) is 0.235. The van der Waals surface area contributed by atoms with Gasteiger partial charge >= 0.3 is 0 Å². The van der Waals surface area contributed by atoms with Crippen molar-refractivity contribution in [1.29, 1.82) is 0 Å². The predicted octanol–water partition coefficient (Wildman–Crippen LogP) is 3.46. The molecule has 0 fully saturated rings. The minimum atomic E-state index is -0.492. The lowest BCUT2D eigenvalue weighted by atomic mass is 9.99. The summed E-state index contributed by atoms with van der Waals surface area (Å²) in [4.78, 5) is 12.8. The Labute approximate surface area is 127 Å². The molecule has 2 aliphatic rings. The van der Waals surface area contributed by atoms with Crippen LogP contribution in [-0.4, -0.2) is 18.5 Å². The van der Waals surface area contributed by atoms with E-state index >= 15 is 0 Å². The van der Waals surface area contributed by atoms with Crippen molar-refractivity contribution in [2.24, 2.45) is 0 Å². The highest BCUT2D eigenvalue weighted by Gasteiger charge is 2.33. The van der Waals surface area contributed by atoms with Crippen molar-refractivity contribution in [3.8, 4) is 11.5 Å². The summed E-state index contributed by atoms with van der Waals surface area (Å²) >= 11 is 6.12. The fourth-order valence-electron chi connectivity index (χ4n) is 2.95. The van der Waals surface area contributed by atoms with Crippen molar-refractivity contribution in [1.82, 2.24) is 0 Å². The van der Waals surface area contributed by atoms with Crippen LogP contribution in [0.1, 0.15) is 21.5 Å². The van der Waals surface area contributed by atoms with Crippen LogP contribution in [0.4, 0.5) is 0 Å². The van der Waals surface area contributed by atoms with Gasteiger partial charge in [-0.3, -0.25) is 4.79 Å². The second kappa shape index (κ2) is 4.78. The van der Waals surface area contributed by atoms with E-state index in [4.69, 9.17) is 21.1 Å². The van der Waals surface area contributed by atoms with E-state index in [-0.39, 0.29) is 5.78 Å². The smallest absolute Gasteiger partial charge is 0.207 e. The van der Waals surface area contributed by atoms with Gasteiger partial charge in [0.05, 0.1) is 12.2 Å². The molecule has 0 amide bonds. The SMILES string of the molecule is O=C(c1cc(Cl)cc2c1OCC2)C1Cc2ccccc2O1. The Bertz CT molecular complexity index is 714. The number of carbonyl (C=O) groups excluding carboxylic acids is 1. The zero-order chi connectivity index (χ0) is 14.4. The third-order valence-electron chi connectivity index (χ3n) is 3.95. The molecule has 3 nitrogen and oxygen atoms in total. The number of rotatable bonds is 2. The largest absolute Gasteiger partial charge is 0.492 e. The average molecular weight is 301 g/mol. The van der Waals surface area contributed by atoms with Gasteiger partial charge in [-0.25, -0.2) is 0 Å². The van der Waals surface area contributed by atoms with Gasteiger partial charge in [0.1, 0.15) is 11.5 Å². The molecule has 2 heterocycles. The zero-order valence-corrected chi connectivity index (χ0v) is 12.0. The van der Waals surface area contributed by atoms with Crippen LogP contribution in [0.25, 0.3) is 0 Å². The van der Waals surface area contributed by atoms with Gasteiger partial charge in [-0.2, -0.15) is 0 Å². The lowest BCUT2D eigenvalue weighted by Gasteiger charge is -2.13. The van der Waals surface area contributed by atoms with E-state index in [0.717, 1.165) is 23.3 Å². The summed E-state index contributed by atoms with van der Waals surface area (Å²) in [5.41, 5.74) is 2.60. The Morgan fingerprint density at radius 3 is 2.90 bits per heavy atom. The molecule has 0 saturated heterocycles. The molecule has 2 aromatic carbocycles. The van der Waals surface area contributed by atoms with E-state index in [1.54, 1.807) is 6.07 Å². The van der Waals surface area contributed by atoms with Crippen LogP contribution in [0, 0.1) is 0 Å². The molecule has 0 saturated carbocycles. The molecule has 106 valence electrons. The maximum absolute atomic E-state index is 12.8. The van der Waals surface area contributed by atoms with Gasteiger partial charge in [-0.05, 0) is 29.3 Å². The molecular formula is C17H13ClO3. The van der Waals surface area contributed by atoms with E-state index < -0.39 is 6.10 Å². The van der Waals surface area contributed by atoms with Gasteiger partial charge in [-0.1, -0.05) is 29.8 Å². The molecule has 2 aliphatic heterocycles. The Kier molecular flexibility index (Phi) is 2.89. The van der Waals surface area contributed by atoms with Crippen LogP contribution >= 0.6 is 11.6 Å². The van der Waals surface area contributed by atoms with Crippen LogP contribution in [0.15, 0.2) is 36.4 Å². The number of benzene rings is 2. The van der Waals surface area contributed by atoms with Crippen molar-refractivity contribution in [2.45, 2.75) is 18.9 Å². The minimum Gasteiger partial charge on any atom is -0.492 e. The highest BCUT2D eigenvalue weighted by atomic mass is 35.5. The monoisotopic (exact) mass is 300 g/mol. The number of ketones is 1. The number of carbonyl (C=O) groups is 1. The highest BCUT2D eigenvalue weighted by molar-refractivity contribution is 6.31. The quantitative estimate of drug-likeness (QED) is 0.797. The first-order valence-corrected chi connectivity index (χ1v) is 7.34. The Morgan fingerprint density at radius 1 is 1.19 bits per heavy atom. The van der Waals surface area contributed by atoms with Crippen molar-refractivity contribution in [3.63, 3.8) is 0 Å². The van der Waals surface area contributed by atoms with Crippen molar-refractivity contribution < 1.29 is 14.3 Å². The van der Waals surface area contributed by atoms with Gasteiger partial charge in [0.15, 0.2) is 6.10 Å². The third-order valence-corrected chi connectivity index (χ3v) is 4.17. The summed E-state index contributed by atoms with van der Waals surface area (Å²) in [6.45, 7) is 0.599. The summed E-state index contributed by atoms with van der Waals surface area (Å²) in [6, 6.07) is 11.3. The number of fused-ring (bicyclic) bond motifs is 2. The normalized spacial score (nSPS) is 18.6. The van der Waals surface area contributed by atoms with Crippen LogP contribution < -0.4 is 9.47 Å². The average Bonchev–Trinajstić information content (AvgIpc) is 3.11. The first-order valence-electron chi connectivity index (χ1n) is 6.96. The standard InChI is InChI=1S/C17H13ClO3/c18-12-7-11-5-6-20-17(11)13(9-12)16(19)15-8-10-3-1-2-4-14(10)21-15/h1-4,7,9,15H,5-6,8H2. The van der Waals surface area contributed by atoms with E-state index in [0.29, 0.717) is 29.4 Å².